The molecule has 0 fully saturated rings. The first-order chi connectivity index (χ1) is 15.9. The molecule has 0 aromatic heterocycles. The fraction of sp³-hybridized carbons (Fsp3) is 0.208. The van der Waals surface area contributed by atoms with Gasteiger partial charge in [-0.15, -0.1) is 0 Å². The number of carbonyl (C=O) groups excluding carboxylic acids is 1. The predicted octanol–water partition coefficient (Wildman–Crippen LogP) is 5.63. The van der Waals surface area contributed by atoms with Crippen LogP contribution in [0.1, 0.15) is 10.4 Å². The van der Waals surface area contributed by atoms with Crippen molar-refractivity contribution in [2.45, 2.75) is 20.9 Å². The van der Waals surface area contributed by atoms with E-state index < -0.39 is 29.6 Å². The van der Waals surface area contributed by atoms with Gasteiger partial charge in [0, 0.05) is 19.2 Å². The van der Waals surface area contributed by atoms with Gasteiger partial charge in [-0.05, 0) is 30.3 Å². The third-order valence-electron chi connectivity index (χ3n) is 4.67. The molecule has 172 valence electrons. The number of fused-ring (bicyclic) bond motifs is 2. The molecule has 3 aromatic rings. The third-order valence-corrected chi connectivity index (χ3v) is 7.02. The summed E-state index contributed by atoms with van der Waals surface area (Å²) in [6.45, 7) is -0.851. The number of ether oxygens (including phenoxy) is 4. The summed E-state index contributed by atoms with van der Waals surface area (Å²) in [5, 5.41) is 0. The normalized spacial score (nSPS) is 14.6. The van der Waals surface area contributed by atoms with Crippen LogP contribution in [0.15, 0.2) is 81.4 Å². The van der Waals surface area contributed by atoms with Crippen molar-refractivity contribution in [1.82, 2.24) is 0 Å². The number of alkyl halides is 3. The lowest BCUT2D eigenvalue weighted by Gasteiger charge is -2.21. The Morgan fingerprint density at radius 2 is 1.61 bits per heavy atom. The smallest absolute Gasteiger partial charge is 0.422 e. The third kappa shape index (κ3) is 5.26. The molecule has 0 amide bonds. The molecule has 0 saturated carbocycles. The fourth-order valence-corrected chi connectivity index (χ4v) is 5.61. The van der Waals surface area contributed by atoms with E-state index in [2.05, 4.69) is 4.74 Å². The molecule has 0 radical (unpaired) electrons. The van der Waals surface area contributed by atoms with Gasteiger partial charge in [0.05, 0.1) is 6.61 Å². The van der Waals surface area contributed by atoms with Crippen LogP contribution in [-0.2, 0) is 20.4 Å². The van der Waals surface area contributed by atoms with Crippen molar-refractivity contribution in [2.24, 2.45) is 0 Å². The maximum absolute atomic E-state index is 12.6. The SMILES string of the molecule is COCCOc1ccc2c(c1)Oc1ccccc1[S+]2c1ccccc1C(=O)OCC(F)(F)F. The second-order valence-corrected chi connectivity index (χ2v) is 8.92. The van der Waals surface area contributed by atoms with E-state index in [0.717, 1.165) is 9.79 Å². The maximum Gasteiger partial charge on any atom is 0.422 e. The molecule has 33 heavy (non-hydrogen) atoms. The summed E-state index contributed by atoms with van der Waals surface area (Å²) in [5.41, 5.74) is 0.0770. The number of benzene rings is 3. The quantitative estimate of drug-likeness (QED) is 0.196. The molecule has 1 aliphatic rings. The van der Waals surface area contributed by atoms with E-state index >= 15 is 0 Å². The van der Waals surface area contributed by atoms with Crippen molar-refractivity contribution in [2.75, 3.05) is 26.9 Å². The number of hydrogen-bond acceptors (Lipinski definition) is 5. The molecule has 0 spiro atoms. The standard InChI is InChI=1S/C24H20F3O5S/c1-29-12-13-30-16-10-11-22-19(14-16)32-18-7-3-5-9-21(18)33(22)20-8-4-2-6-17(20)23(28)31-15-24(25,26)27/h2-11,14H,12-13,15H2,1H3/q+1. The minimum absolute atomic E-state index is 0.0770. The summed E-state index contributed by atoms with van der Waals surface area (Å²) >= 11 is 0. The molecule has 0 aliphatic carbocycles. The minimum atomic E-state index is -4.61. The molecule has 1 unspecified atom stereocenters. The fourth-order valence-electron chi connectivity index (χ4n) is 3.28. The summed E-state index contributed by atoms with van der Waals surface area (Å²) in [5.74, 6) is 0.707. The molecule has 5 nitrogen and oxygen atoms in total. The van der Waals surface area contributed by atoms with Gasteiger partial charge >= 0.3 is 12.1 Å². The zero-order valence-electron chi connectivity index (χ0n) is 17.6. The largest absolute Gasteiger partial charge is 0.491 e. The molecule has 3 aromatic carbocycles. The lowest BCUT2D eigenvalue weighted by atomic mass is 10.2. The highest BCUT2D eigenvalue weighted by Gasteiger charge is 2.42. The lowest BCUT2D eigenvalue weighted by Crippen LogP contribution is -2.22. The van der Waals surface area contributed by atoms with Crippen molar-refractivity contribution in [3.63, 3.8) is 0 Å². The number of carbonyl (C=O) groups is 1. The van der Waals surface area contributed by atoms with Gasteiger partial charge < -0.3 is 18.9 Å². The van der Waals surface area contributed by atoms with E-state index in [-0.39, 0.29) is 5.56 Å². The highest BCUT2D eigenvalue weighted by atomic mass is 32.2. The zero-order chi connectivity index (χ0) is 23.4. The van der Waals surface area contributed by atoms with Gasteiger partial charge in [-0.3, -0.25) is 0 Å². The second kappa shape index (κ2) is 9.76. The Labute approximate surface area is 191 Å². The second-order valence-electron chi connectivity index (χ2n) is 6.99. The molecule has 0 bridgehead atoms. The zero-order valence-corrected chi connectivity index (χ0v) is 18.4. The molecule has 1 heterocycles. The first-order valence-corrected chi connectivity index (χ1v) is 11.2. The predicted molar refractivity (Wildman–Crippen MR) is 115 cm³/mol. The Balaban J connectivity index is 1.75. The monoisotopic (exact) mass is 477 g/mol. The first-order valence-electron chi connectivity index (χ1n) is 9.97. The van der Waals surface area contributed by atoms with E-state index in [1.165, 1.54) is 6.07 Å². The van der Waals surface area contributed by atoms with Crippen molar-refractivity contribution in [1.29, 1.82) is 0 Å². The Morgan fingerprint density at radius 1 is 0.909 bits per heavy atom. The van der Waals surface area contributed by atoms with Gasteiger partial charge in [-0.25, -0.2) is 4.79 Å². The van der Waals surface area contributed by atoms with Crippen molar-refractivity contribution < 1.29 is 36.9 Å². The van der Waals surface area contributed by atoms with Crippen molar-refractivity contribution in [3.05, 3.63) is 72.3 Å². The van der Waals surface area contributed by atoms with Crippen molar-refractivity contribution in [3.8, 4) is 17.2 Å². The van der Waals surface area contributed by atoms with Gasteiger partial charge in [0.1, 0.15) is 28.8 Å². The minimum Gasteiger partial charge on any atom is -0.491 e. The molecule has 0 saturated heterocycles. The number of methoxy groups -OCH3 is 1. The molecular weight excluding hydrogens is 457 g/mol. The van der Waals surface area contributed by atoms with Crippen LogP contribution >= 0.6 is 0 Å². The van der Waals surface area contributed by atoms with E-state index in [1.54, 1.807) is 43.5 Å². The van der Waals surface area contributed by atoms with E-state index in [9.17, 15) is 18.0 Å². The first kappa shape index (κ1) is 23.0. The Hall–Kier alpha value is -3.17. The Bertz CT molecular complexity index is 1150. The van der Waals surface area contributed by atoms with E-state index in [0.29, 0.717) is 35.4 Å². The van der Waals surface area contributed by atoms with Crippen LogP contribution < -0.4 is 9.47 Å². The molecule has 9 heteroatoms. The average Bonchev–Trinajstić information content (AvgIpc) is 2.80. The van der Waals surface area contributed by atoms with Crippen LogP contribution in [0.5, 0.6) is 17.2 Å². The van der Waals surface area contributed by atoms with Gasteiger partial charge in [0.25, 0.3) is 0 Å². The highest BCUT2D eigenvalue weighted by Crippen LogP contribution is 2.48. The van der Waals surface area contributed by atoms with Crippen LogP contribution in [0.3, 0.4) is 0 Å². The lowest BCUT2D eigenvalue weighted by molar-refractivity contribution is -0.161. The Morgan fingerprint density at radius 3 is 2.36 bits per heavy atom. The van der Waals surface area contributed by atoms with Crippen LogP contribution in [0.25, 0.3) is 0 Å². The number of esters is 1. The maximum atomic E-state index is 12.6. The number of halogens is 3. The van der Waals surface area contributed by atoms with Crippen LogP contribution in [-0.4, -0.2) is 39.1 Å². The molecular formula is C24H20F3O5S+. The number of rotatable bonds is 7. The van der Waals surface area contributed by atoms with Crippen molar-refractivity contribution >= 4 is 16.9 Å². The van der Waals surface area contributed by atoms with Crippen LogP contribution in [0.4, 0.5) is 13.2 Å². The van der Waals surface area contributed by atoms with Crippen LogP contribution in [0, 0.1) is 0 Å². The van der Waals surface area contributed by atoms with Gasteiger partial charge in [-0.2, -0.15) is 13.2 Å². The van der Waals surface area contributed by atoms with Crippen LogP contribution in [0.2, 0.25) is 0 Å². The molecule has 1 atom stereocenters. The topological polar surface area (TPSA) is 54.0 Å². The van der Waals surface area contributed by atoms with Gasteiger partial charge in [-0.1, -0.05) is 24.3 Å². The average molecular weight is 477 g/mol. The molecule has 4 rings (SSSR count). The van der Waals surface area contributed by atoms with Gasteiger partial charge in [0.2, 0.25) is 9.79 Å². The summed E-state index contributed by atoms with van der Waals surface area (Å²) < 4.78 is 59.2. The number of para-hydroxylation sites is 1. The molecule has 1 aliphatic heterocycles. The van der Waals surface area contributed by atoms with E-state index in [1.807, 2.05) is 24.3 Å². The molecule has 0 N–H and O–H groups in total. The number of hydrogen-bond donors (Lipinski definition) is 0. The highest BCUT2D eigenvalue weighted by molar-refractivity contribution is 7.97. The summed E-state index contributed by atoms with van der Waals surface area (Å²) in [4.78, 5) is 14.7. The van der Waals surface area contributed by atoms with Gasteiger partial charge in [0.15, 0.2) is 23.0 Å². The Kier molecular flexibility index (Phi) is 6.80. The van der Waals surface area contributed by atoms with E-state index in [4.69, 9.17) is 14.2 Å². The summed E-state index contributed by atoms with van der Waals surface area (Å²) in [6, 6.07) is 19.3. The summed E-state index contributed by atoms with van der Waals surface area (Å²) in [6.07, 6.45) is -4.61. The summed E-state index contributed by atoms with van der Waals surface area (Å²) in [7, 11) is 0.765.